The summed E-state index contributed by atoms with van der Waals surface area (Å²) in [4.78, 5) is 15.1. The van der Waals surface area contributed by atoms with Crippen LogP contribution in [0.5, 0.6) is 5.75 Å². The molecule has 138 valence electrons. The smallest absolute Gasteiger partial charge is 0.274 e. The minimum Gasteiger partial charge on any atom is -0.497 e. The summed E-state index contributed by atoms with van der Waals surface area (Å²) in [6.45, 7) is 5.38. The van der Waals surface area contributed by atoms with Crippen molar-refractivity contribution in [2.75, 3.05) is 13.7 Å². The summed E-state index contributed by atoms with van der Waals surface area (Å²) in [6.07, 6.45) is 2.66. The molecule has 2 atom stereocenters. The van der Waals surface area contributed by atoms with Crippen LogP contribution in [0.4, 0.5) is 0 Å². The normalized spacial score (nSPS) is 22.3. The summed E-state index contributed by atoms with van der Waals surface area (Å²) in [7, 11) is 1.68. The van der Waals surface area contributed by atoms with Crippen molar-refractivity contribution in [3.05, 3.63) is 46.3 Å². The molecule has 0 bridgehead atoms. The molecule has 1 N–H and O–H groups in total. The number of aromatic nitrogens is 2. The highest BCUT2D eigenvalue weighted by Gasteiger charge is 2.32. The van der Waals surface area contributed by atoms with Gasteiger partial charge in [0.15, 0.2) is 5.69 Å². The minimum absolute atomic E-state index is 0.00691. The van der Waals surface area contributed by atoms with E-state index >= 15 is 0 Å². The van der Waals surface area contributed by atoms with Gasteiger partial charge in [-0.25, -0.2) is 0 Å². The predicted octanol–water partition coefficient (Wildman–Crippen LogP) is 3.03. The van der Waals surface area contributed by atoms with Crippen molar-refractivity contribution < 1.29 is 14.3 Å². The zero-order chi connectivity index (χ0) is 18.3. The average molecular weight is 355 g/mol. The zero-order valence-corrected chi connectivity index (χ0v) is 15.5. The molecule has 1 aromatic heterocycles. The Morgan fingerprint density at radius 1 is 1.35 bits per heavy atom. The number of hydrogen-bond donors (Lipinski definition) is 1. The van der Waals surface area contributed by atoms with Gasteiger partial charge in [0, 0.05) is 25.1 Å². The van der Waals surface area contributed by atoms with Crippen LogP contribution < -0.4 is 4.74 Å². The monoisotopic (exact) mass is 355 g/mol. The summed E-state index contributed by atoms with van der Waals surface area (Å²) < 4.78 is 11.2. The molecule has 0 unspecified atom stereocenters. The van der Waals surface area contributed by atoms with Crippen LogP contribution >= 0.6 is 0 Å². The van der Waals surface area contributed by atoms with E-state index in [1.54, 1.807) is 7.11 Å². The van der Waals surface area contributed by atoms with Gasteiger partial charge in [-0.05, 0) is 49.9 Å². The highest BCUT2D eigenvalue weighted by Crippen LogP contribution is 2.31. The lowest BCUT2D eigenvalue weighted by atomic mass is 9.99. The topological polar surface area (TPSA) is 67.5 Å². The molecule has 1 amide bonds. The zero-order valence-electron chi connectivity index (χ0n) is 15.5. The van der Waals surface area contributed by atoms with Gasteiger partial charge in [-0.3, -0.25) is 9.89 Å². The molecule has 0 saturated carbocycles. The minimum atomic E-state index is -0.0554. The van der Waals surface area contributed by atoms with E-state index in [-0.39, 0.29) is 18.1 Å². The Labute approximate surface area is 153 Å². The third-order valence-electron chi connectivity index (χ3n) is 5.37. The number of nitrogens with zero attached hydrogens (tertiary/aromatic N) is 2. The van der Waals surface area contributed by atoms with Crippen molar-refractivity contribution >= 4 is 5.91 Å². The molecular formula is C20H25N3O3. The van der Waals surface area contributed by atoms with Crippen molar-refractivity contribution in [3.63, 3.8) is 0 Å². The molecule has 6 nitrogen and oxygen atoms in total. The number of carbonyl (C=O) groups excluding carboxylic acids is 1. The molecule has 0 radical (unpaired) electrons. The molecular weight excluding hydrogens is 330 g/mol. The van der Waals surface area contributed by atoms with Gasteiger partial charge in [-0.2, -0.15) is 5.10 Å². The van der Waals surface area contributed by atoms with E-state index in [1.807, 2.05) is 24.8 Å². The van der Waals surface area contributed by atoms with Gasteiger partial charge >= 0.3 is 0 Å². The molecule has 2 aliphatic rings. The number of nitrogens with one attached hydrogen (secondary N) is 1. The maximum atomic E-state index is 13.2. The Morgan fingerprint density at radius 3 is 3.00 bits per heavy atom. The second kappa shape index (κ2) is 6.76. The second-order valence-electron chi connectivity index (χ2n) is 7.22. The first-order chi connectivity index (χ1) is 12.6. The quantitative estimate of drug-likeness (QED) is 0.899. The first-order valence-electron chi connectivity index (χ1n) is 9.24. The Bertz CT molecular complexity index is 830. The van der Waals surface area contributed by atoms with Crippen molar-refractivity contribution in [2.45, 2.75) is 51.9 Å². The van der Waals surface area contributed by atoms with Crippen LogP contribution in [-0.4, -0.2) is 40.8 Å². The lowest BCUT2D eigenvalue weighted by Gasteiger charge is -2.26. The summed E-state index contributed by atoms with van der Waals surface area (Å²) in [5.74, 6) is 0.875. The second-order valence-corrected chi connectivity index (χ2v) is 7.22. The van der Waals surface area contributed by atoms with Gasteiger partial charge in [0.2, 0.25) is 0 Å². The number of methoxy groups -OCH3 is 1. The lowest BCUT2D eigenvalue weighted by molar-refractivity contribution is -0.00702. The van der Waals surface area contributed by atoms with Crippen LogP contribution in [0.15, 0.2) is 18.2 Å². The van der Waals surface area contributed by atoms with Gasteiger partial charge in [0.1, 0.15) is 5.75 Å². The largest absolute Gasteiger partial charge is 0.497 e. The highest BCUT2D eigenvalue weighted by molar-refractivity contribution is 5.94. The van der Waals surface area contributed by atoms with Crippen LogP contribution in [0.25, 0.3) is 0 Å². The van der Waals surface area contributed by atoms with E-state index in [9.17, 15) is 4.79 Å². The van der Waals surface area contributed by atoms with E-state index in [0.29, 0.717) is 12.2 Å². The fourth-order valence-electron chi connectivity index (χ4n) is 4.03. The molecule has 2 aliphatic heterocycles. The molecule has 0 spiro atoms. The summed E-state index contributed by atoms with van der Waals surface area (Å²) in [5.41, 5.74) is 4.95. The first-order valence-corrected chi connectivity index (χ1v) is 9.24. The summed E-state index contributed by atoms with van der Waals surface area (Å²) >= 11 is 0. The Balaban J connectivity index is 1.61. The van der Waals surface area contributed by atoms with Gasteiger partial charge in [-0.15, -0.1) is 0 Å². The van der Waals surface area contributed by atoms with Crippen molar-refractivity contribution in [2.24, 2.45) is 0 Å². The third kappa shape index (κ3) is 2.98. The lowest BCUT2D eigenvalue weighted by Crippen LogP contribution is -2.32. The molecule has 26 heavy (non-hydrogen) atoms. The van der Waals surface area contributed by atoms with Crippen molar-refractivity contribution in [3.8, 4) is 5.75 Å². The molecule has 1 aromatic carbocycles. The molecule has 0 aliphatic carbocycles. The Morgan fingerprint density at radius 2 is 2.19 bits per heavy atom. The van der Waals surface area contributed by atoms with Crippen molar-refractivity contribution in [1.82, 2.24) is 15.1 Å². The van der Waals surface area contributed by atoms with Crippen molar-refractivity contribution in [1.29, 1.82) is 0 Å². The number of benzene rings is 1. The van der Waals surface area contributed by atoms with E-state index in [2.05, 4.69) is 22.3 Å². The molecule has 4 rings (SSSR count). The third-order valence-corrected chi connectivity index (χ3v) is 5.37. The fourth-order valence-corrected chi connectivity index (χ4v) is 4.03. The van der Waals surface area contributed by atoms with Crippen LogP contribution in [-0.2, 0) is 24.1 Å². The van der Waals surface area contributed by atoms with Crippen LogP contribution in [0.3, 0.4) is 0 Å². The number of rotatable bonds is 2. The number of aryl methyl sites for hydroxylation is 1. The highest BCUT2D eigenvalue weighted by atomic mass is 16.5. The fraction of sp³-hybridized carbons (Fsp3) is 0.500. The standard InChI is InChI=1S/C20H25N3O3/c1-12-9-17-18(13(2)26-12)21-22-19(17)20(24)23-8-4-5-14-10-16(25-3)7-6-15(14)11-23/h6-7,10,12-13H,4-5,8-9,11H2,1-3H3,(H,21,22)/t12-,13+/m0/s1. The molecule has 0 saturated heterocycles. The molecule has 0 fully saturated rings. The molecule has 3 heterocycles. The number of aromatic amines is 1. The maximum Gasteiger partial charge on any atom is 0.274 e. The van der Waals surface area contributed by atoms with E-state index in [0.717, 1.165) is 42.8 Å². The maximum absolute atomic E-state index is 13.2. The SMILES string of the molecule is COc1ccc2c(c1)CCCN(C(=O)c1n[nH]c3c1C[C@H](C)O[C@@H]3C)C2. The van der Waals surface area contributed by atoms with E-state index in [1.165, 1.54) is 11.1 Å². The molecule has 6 heteroatoms. The molecule has 2 aromatic rings. The average Bonchev–Trinajstić information content (AvgIpc) is 2.93. The number of fused-ring (bicyclic) bond motifs is 2. The first kappa shape index (κ1) is 17.1. The van der Waals surface area contributed by atoms with Gasteiger partial charge in [0.05, 0.1) is 25.0 Å². The number of H-pyrrole nitrogens is 1. The van der Waals surface area contributed by atoms with E-state index < -0.39 is 0 Å². The van der Waals surface area contributed by atoms with Gasteiger partial charge < -0.3 is 14.4 Å². The van der Waals surface area contributed by atoms with Gasteiger partial charge in [-0.1, -0.05) is 6.07 Å². The summed E-state index contributed by atoms with van der Waals surface area (Å²) in [6, 6.07) is 6.11. The Hall–Kier alpha value is -2.34. The number of amides is 1. The number of ether oxygens (including phenoxy) is 2. The van der Waals surface area contributed by atoms with Crippen LogP contribution in [0.1, 0.15) is 59.2 Å². The van der Waals surface area contributed by atoms with Gasteiger partial charge in [0.25, 0.3) is 5.91 Å². The van der Waals surface area contributed by atoms with Crippen LogP contribution in [0, 0.1) is 0 Å². The van der Waals surface area contributed by atoms with E-state index in [4.69, 9.17) is 9.47 Å². The van der Waals surface area contributed by atoms with Crippen LogP contribution in [0.2, 0.25) is 0 Å². The predicted molar refractivity (Wildman–Crippen MR) is 97.3 cm³/mol. The number of carbonyl (C=O) groups is 1. The summed E-state index contributed by atoms with van der Waals surface area (Å²) in [5, 5.41) is 7.38. The number of hydrogen-bond acceptors (Lipinski definition) is 4. The Kier molecular flexibility index (Phi) is 4.44.